The van der Waals surface area contributed by atoms with Crippen LogP contribution in [0.3, 0.4) is 0 Å². The molecule has 0 atom stereocenters. The normalized spacial score (nSPS) is 12.9. The number of pyridine rings is 1. The summed E-state index contributed by atoms with van der Waals surface area (Å²) < 4.78 is 1.76. The zero-order chi connectivity index (χ0) is 14.2. The number of rotatable bonds is 2. The average molecular weight is 279 g/mol. The van der Waals surface area contributed by atoms with Crippen LogP contribution < -0.4 is 4.90 Å². The Morgan fingerprint density at radius 3 is 2.76 bits per heavy atom. The largest absolute Gasteiger partial charge is 0.388 e. The van der Waals surface area contributed by atoms with Crippen molar-refractivity contribution in [1.29, 1.82) is 0 Å². The van der Waals surface area contributed by atoms with Crippen molar-refractivity contribution in [2.24, 2.45) is 0 Å². The van der Waals surface area contributed by atoms with Gasteiger partial charge in [-0.25, -0.2) is 14.6 Å². The lowest BCUT2D eigenvalue weighted by Gasteiger charge is -2.29. The molecule has 0 bridgehead atoms. The van der Waals surface area contributed by atoms with Crippen LogP contribution in [0.5, 0.6) is 0 Å². The molecule has 0 fully saturated rings. The molecule has 104 valence electrons. The van der Waals surface area contributed by atoms with E-state index in [0.29, 0.717) is 12.4 Å². The summed E-state index contributed by atoms with van der Waals surface area (Å²) in [6.45, 7) is 0.405. The molecule has 3 heterocycles. The number of fused-ring (bicyclic) bond motifs is 3. The molecule has 1 aromatic carbocycles. The molecule has 1 N–H and O–H groups in total. The SMILES string of the molecule is OCc1nc2n(n1)-c1cccnc1N(c1ccccc1)C2. The van der Waals surface area contributed by atoms with Gasteiger partial charge in [0.15, 0.2) is 17.5 Å². The van der Waals surface area contributed by atoms with Gasteiger partial charge in [0.2, 0.25) is 0 Å². The lowest BCUT2D eigenvalue weighted by atomic mass is 10.2. The molecule has 1 aliphatic rings. The highest BCUT2D eigenvalue weighted by molar-refractivity contribution is 5.69. The van der Waals surface area contributed by atoms with Crippen LogP contribution in [-0.4, -0.2) is 24.9 Å². The number of aliphatic hydroxyl groups excluding tert-OH is 1. The molecular formula is C15H13N5O. The first-order valence-electron chi connectivity index (χ1n) is 6.70. The molecule has 0 saturated heterocycles. The van der Waals surface area contributed by atoms with E-state index in [2.05, 4.69) is 20.0 Å². The highest BCUT2D eigenvalue weighted by Gasteiger charge is 2.26. The Kier molecular flexibility index (Phi) is 2.68. The van der Waals surface area contributed by atoms with Crippen LogP contribution in [0.4, 0.5) is 11.5 Å². The third-order valence-electron chi connectivity index (χ3n) is 3.48. The zero-order valence-electron chi connectivity index (χ0n) is 11.2. The van der Waals surface area contributed by atoms with E-state index in [4.69, 9.17) is 0 Å². The molecule has 0 radical (unpaired) electrons. The van der Waals surface area contributed by atoms with E-state index in [1.54, 1.807) is 10.9 Å². The van der Waals surface area contributed by atoms with Gasteiger partial charge in [-0.2, -0.15) is 0 Å². The highest BCUT2D eigenvalue weighted by Crippen LogP contribution is 2.34. The van der Waals surface area contributed by atoms with Gasteiger partial charge in [-0.05, 0) is 24.3 Å². The fourth-order valence-corrected chi connectivity index (χ4v) is 2.55. The summed E-state index contributed by atoms with van der Waals surface area (Å²) in [5.41, 5.74) is 1.92. The van der Waals surface area contributed by atoms with Crippen LogP contribution in [0, 0.1) is 0 Å². The summed E-state index contributed by atoms with van der Waals surface area (Å²) in [6, 6.07) is 13.9. The molecular weight excluding hydrogens is 266 g/mol. The fourth-order valence-electron chi connectivity index (χ4n) is 2.55. The first kappa shape index (κ1) is 12.0. The van der Waals surface area contributed by atoms with Crippen LogP contribution in [-0.2, 0) is 13.2 Å². The van der Waals surface area contributed by atoms with Crippen molar-refractivity contribution in [1.82, 2.24) is 19.7 Å². The number of hydrogen-bond donors (Lipinski definition) is 1. The molecule has 4 rings (SSSR count). The molecule has 6 heteroatoms. The number of hydrogen-bond acceptors (Lipinski definition) is 5. The standard InChI is InChI=1S/C15H13N5O/c21-10-13-17-14-9-19(11-5-2-1-3-6-11)15-12(20(14)18-13)7-4-8-16-15/h1-8,21H,9-10H2. The maximum absolute atomic E-state index is 9.25. The van der Waals surface area contributed by atoms with Crippen LogP contribution >= 0.6 is 0 Å². The maximum Gasteiger partial charge on any atom is 0.176 e. The lowest BCUT2D eigenvalue weighted by molar-refractivity contribution is 0.271. The van der Waals surface area contributed by atoms with Gasteiger partial charge in [0.05, 0.1) is 6.54 Å². The minimum Gasteiger partial charge on any atom is -0.388 e. The van der Waals surface area contributed by atoms with Crippen molar-refractivity contribution >= 4 is 11.5 Å². The molecule has 6 nitrogen and oxygen atoms in total. The predicted octanol–water partition coefficient (Wildman–Crippen LogP) is 1.81. The van der Waals surface area contributed by atoms with Gasteiger partial charge >= 0.3 is 0 Å². The third kappa shape index (κ3) is 1.88. The molecule has 0 unspecified atom stereocenters. The molecule has 0 spiro atoms. The van der Waals surface area contributed by atoms with Crippen molar-refractivity contribution in [3.05, 3.63) is 60.3 Å². The highest BCUT2D eigenvalue weighted by atomic mass is 16.3. The van der Waals surface area contributed by atoms with Crippen LogP contribution in [0.1, 0.15) is 11.6 Å². The summed E-state index contributed by atoms with van der Waals surface area (Å²) >= 11 is 0. The van der Waals surface area contributed by atoms with Gasteiger partial charge in [-0.3, -0.25) is 0 Å². The second-order valence-corrected chi connectivity index (χ2v) is 4.78. The Morgan fingerprint density at radius 2 is 1.95 bits per heavy atom. The summed E-state index contributed by atoms with van der Waals surface area (Å²) in [7, 11) is 0. The van der Waals surface area contributed by atoms with Gasteiger partial charge in [0.1, 0.15) is 12.3 Å². The van der Waals surface area contributed by atoms with Gasteiger partial charge in [0, 0.05) is 11.9 Å². The molecule has 0 saturated carbocycles. The van der Waals surface area contributed by atoms with Crippen molar-refractivity contribution in [3.63, 3.8) is 0 Å². The van der Waals surface area contributed by atoms with Gasteiger partial charge < -0.3 is 10.0 Å². The van der Waals surface area contributed by atoms with Crippen molar-refractivity contribution in [2.45, 2.75) is 13.2 Å². The molecule has 1 aliphatic heterocycles. The number of nitrogens with zero attached hydrogens (tertiary/aromatic N) is 5. The first-order valence-corrected chi connectivity index (χ1v) is 6.70. The minimum atomic E-state index is -0.166. The Bertz CT molecular complexity index is 784. The smallest absolute Gasteiger partial charge is 0.176 e. The fraction of sp³-hybridized carbons (Fsp3) is 0.133. The van der Waals surface area contributed by atoms with Crippen LogP contribution in [0.15, 0.2) is 48.7 Å². The van der Waals surface area contributed by atoms with Gasteiger partial charge in [-0.15, -0.1) is 5.10 Å². The summed E-state index contributed by atoms with van der Waals surface area (Å²) in [5.74, 6) is 2.06. The monoisotopic (exact) mass is 279 g/mol. The molecule has 0 aliphatic carbocycles. The second kappa shape index (κ2) is 4.68. The summed E-state index contributed by atoms with van der Waals surface area (Å²) in [5, 5.41) is 13.6. The Morgan fingerprint density at radius 1 is 1.10 bits per heavy atom. The number of aliphatic hydroxyl groups is 1. The van der Waals surface area contributed by atoms with Crippen molar-refractivity contribution < 1.29 is 5.11 Å². The first-order chi connectivity index (χ1) is 10.4. The van der Waals surface area contributed by atoms with E-state index in [1.165, 1.54) is 0 Å². The minimum absolute atomic E-state index is 0.166. The van der Waals surface area contributed by atoms with Crippen LogP contribution in [0.2, 0.25) is 0 Å². The van der Waals surface area contributed by atoms with Crippen molar-refractivity contribution in [2.75, 3.05) is 4.90 Å². The number of benzene rings is 1. The maximum atomic E-state index is 9.25. The van der Waals surface area contributed by atoms with Gasteiger partial charge in [-0.1, -0.05) is 18.2 Å². The third-order valence-corrected chi connectivity index (χ3v) is 3.48. The quantitative estimate of drug-likeness (QED) is 0.775. The molecule has 0 amide bonds. The van der Waals surface area contributed by atoms with E-state index in [9.17, 15) is 5.11 Å². The topological polar surface area (TPSA) is 67.1 Å². The van der Waals surface area contributed by atoms with E-state index >= 15 is 0 Å². The van der Waals surface area contributed by atoms with Gasteiger partial charge in [0.25, 0.3) is 0 Å². The number of para-hydroxylation sites is 1. The molecule has 3 aromatic rings. The van der Waals surface area contributed by atoms with E-state index < -0.39 is 0 Å². The van der Waals surface area contributed by atoms with Crippen molar-refractivity contribution in [3.8, 4) is 5.69 Å². The predicted molar refractivity (Wildman–Crippen MR) is 77.4 cm³/mol. The van der Waals surface area contributed by atoms with Crippen LogP contribution in [0.25, 0.3) is 5.69 Å². The molecule has 21 heavy (non-hydrogen) atoms. The van der Waals surface area contributed by atoms with E-state index in [-0.39, 0.29) is 6.61 Å². The van der Waals surface area contributed by atoms with E-state index in [1.807, 2.05) is 42.5 Å². The molecule has 2 aromatic heterocycles. The summed E-state index contributed by atoms with van der Waals surface area (Å²) in [4.78, 5) is 11.0. The average Bonchev–Trinajstić information content (AvgIpc) is 2.98. The zero-order valence-corrected chi connectivity index (χ0v) is 11.2. The Hall–Kier alpha value is -2.73. The summed E-state index contributed by atoms with van der Waals surface area (Å²) in [6.07, 6.45) is 1.77. The second-order valence-electron chi connectivity index (χ2n) is 4.78. The number of aromatic nitrogens is 4. The number of anilines is 2. The Labute approximate surface area is 121 Å². The Balaban J connectivity index is 1.90. The lowest BCUT2D eigenvalue weighted by Crippen LogP contribution is -2.26. The van der Waals surface area contributed by atoms with E-state index in [0.717, 1.165) is 23.0 Å².